The number of morpholine rings is 1. The minimum absolute atomic E-state index is 0.0116. The first kappa shape index (κ1) is 15.0. The van der Waals surface area contributed by atoms with Gasteiger partial charge >= 0.3 is 0 Å². The minimum Gasteiger partial charge on any atom is -0.379 e. The highest BCUT2D eigenvalue weighted by Crippen LogP contribution is 2.18. The summed E-state index contributed by atoms with van der Waals surface area (Å²) in [5.74, 6) is 0.147. The molecule has 1 fully saturated rings. The third-order valence-electron chi connectivity index (χ3n) is 3.30. The molecule has 1 aromatic rings. The zero-order chi connectivity index (χ0) is 13.9. The van der Waals surface area contributed by atoms with Crippen molar-refractivity contribution in [2.45, 2.75) is 17.9 Å². The van der Waals surface area contributed by atoms with Crippen LogP contribution in [0.4, 0.5) is 0 Å². The molecule has 2 rings (SSSR count). The van der Waals surface area contributed by atoms with Gasteiger partial charge in [0, 0.05) is 23.6 Å². The molecule has 4 nitrogen and oxygen atoms in total. The monoisotopic (exact) mass is 347 g/mol. The van der Waals surface area contributed by atoms with Gasteiger partial charge in [0.25, 0.3) is 0 Å². The lowest BCUT2D eigenvalue weighted by atomic mass is 10.3. The van der Waals surface area contributed by atoms with Crippen LogP contribution in [0, 0.1) is 0 Å². The molecule has 6 heteroatoms. The Labute approximate surface area is 122 Å². The van der Waals surface area contributed by atoms with Gasteiger partial charge in [0.2, 0.25) is 0 Å². The van der Waals surface area contributed by atoms with Crippen LogP contribution in [0.2, 0.25) is 0 Å². The molecule has 1 atom stereocenters. The van der Waals surface area contributed by atoms with Crippen molar-refractivity contribution in [3.8, 4) is 0 Å². The molecule has 0 spiro atoms. The van der Waals surface area contributed by atoms with Crippen LogP contribution in [0.3, 0.4) is 0 Å². The number of ether oxygens (including phenoxy) is 1. The summed E-state index contributed by atoms with van der Waals surface area (Å²) in [4.78, 5) is 2.55. The molecular formula is C13H18BrNO3S. The van der Waals surface area contributed by atoms with Gasteiger partial charge in [-0.05, 0) is 31.2 Å². The Balaban J connectivity index is 2.05. The Morgan fingerprint density at radius 3 is 2.42 bits per heavy atom. The van der Waals surface area contributed by atoms with Crippen molar-refractivity contribution in [2.75, 3.05) is 32.1 Å². The van der Waals surface area contributed by atoms with Crippen LogP contribution in [0.5, 0.6) is 0 Å². The van der Waals surface area contributed by atoms with Crippen molar-refractivity contribution in [1.82, 2.24) is 4.90 Å². The van der Waals surface area contributed by atoms with E-state index in [1.807, 2.05) is 6.92 Å². The van der Waals surface area contributed by atoms with Crippen molar-refractivity contribution >= 4 is 25.8 Å². The molecule has 0 aliphatic carbocycles. The van der Waals surface area contributed by atoms with Gasteiger partial charge in [0.05, 0.1) is 23.9 Å². The summed E-state index contributed by atoms with van der Waals surface area (Å²) in [6.45, 7) is 4.93. The minimum atomic E-state index is -3.23. The average molecular weight is 348 g/mol. The fourth-order valence-electron chi connectivity index (χ4n) is 2.18. The number of hydrogen-bond acceptors (Lipinski definition) is 4. The Hall–Kier alpha value is -0.430. The maximum absolute atomic E-state index is 12.3. The van der Waals surface area contributed by atoms with E-state index in [1.165, 1.54) is 0 Å². The summed E-state index contributed by atoms with van der Waals surface area (Å²) in [7, 11) is -3.23. The Kier molecular flexibility index (Phi) is 5.00. The van der Waals surface area contributed by atoms with Gasteiger partial charge in [-0.3, -0.25) is 4.90 Å². The molecule has 0 N–H and O–H groups in total. The van der Waals surface area contributed by atoms with E-state index in [0.29, 0.717) is 18.1 Å². The summed E-state index contributed by atoms with van der Waals surface area (Å²) in [6.07, 6.45) is 0. The SMILES string of the molecule is C[C@H](CS(=O)(=O)c1ccc(Br)cc1)N1CCOCC1. The van der Waals surface area contributed by atoms with E-state index in [2.05, 4.69) is 20.8 Å². The Morgan fingerprint density at radius 1 is 1.26 bits per heavy atom. The van der Waals surface area contributed by atoms with Gasteiger partial charge in [-0.1, -0.05) is 15.9 Å². The second-order valence-electron chi connectivity index (χ2n) is 4.73. The van der Waals surface area contributed by atoms with Gasteiger partial charge in [-0.15, -0.1) is 0 Å². The average Bonchev–Trinajstić information content (AvgIpc) is 2.40. The molecule has 0 radical (unpaired) electrons. The lowest BCUT2D eigenvalue weighted by Crippen LogP contribution is -2.45. The largest absolute Gasteiger partial charge is 0.379 e. The van der Waals surface area contributed by atoms with Crippen molar-refractivity contribution in [2.24, 2.45) is 0 Å². The molecule has 0 unspecified atom stereocenters. The number of sulfone groups is 1. The van der Waals surface area contributed by atoms with Gasteiger partial charge in [-0.2, -0.15) is 0 Å². The molecule has 0 amide bonds. The van der Waals surface area contributed by atoms with Gasteiger partial charge in [0.1, 0.15) is 0 Å². The van der Waals surface area contributed by atoms with Gasteiger partial charge in [-0.25, -0.2) is 8.42 Å². The standard InChI is InChI=1S/C13H18BrNO3S/c1-11(15-6-8-18-9-7-15)10-19(16,17)13-4-2-12(14)3-5-13/h2-5,11H,6-10H2,1H3/t11-/m1/s1. The molecule has 106 valence electrons. The normalized spacial score (nSPS) is 19.3. The Morgan fingerprint density at radius 2 is 1.84 bits per heavy atom. The van der Waals surface area contributed by atoms with E-state index in [0.717, 1.165) is 17.6 Å². The van der Waals surface area contributed by atoms with E-state index in [1.54, 1.807) is 24.3 Å². The van der Waals surface area contributed by atoms with Crippen LogP contribution in [0.1, 0.15) is 6.92 Å². The zero-order valence-electron chi connectivity index (χ0n) is 10.9. The summed E-state index contributed by atoms with van der Waals surface area (Å²) in [6, 6.07) is 6.81. The molecule has 1 saturated heterocycles. The van der Waals surface area contributed by atoms with Crippen molar-refractivity contribution in [3.63, 3.8) is 0 Å². The smallest absolute Gasteiger partial charge is 0.179 e. The molecule has 0 aromatic heterocycles. The number of nitrogens with zero attached hydrogens (tertiary/aromatic N) is 1. The van der Waals surface area contributed by atoms with Gasteiger partial charge in [0.15, 0.2) is 9.84 Å². The third-order valence-corrected chi connectivity index (χ3v) is 5.74. The van der Waals surface area contributed by atoms with E-state index in [-0.39, 0.29) is 11.8 Å². The maximum Gasteiger partial charge on any atom is 0.179 e. The number of hydrogen-bond donors (Lipinski definition) is 0. The van der Waals surface area contributed by atoms with E-state index in [9.17, 15) is 8.42 Å². The van der Waals surface area contributed by atoms with Crippen LogP contribution >= 0.6 is 15.9 Å². The molecule has 1 heterocycles. The molecule has 1 aliphatic heterocycles. The summed E-state index contributed by atoms with van der Waals surface area (Å²) < 4.78 is 30.8. The van der Waals surface area contributed by atoms with E-state index < -0.39 is 9.84 Å². The molecule has 1 aliphatic rings. The predicted octanol–water partition coefficient (Wildman–Crippen LogP) is 1.94. The fourth-order valence-corrected chi connectivity index (χ4v) is 4.03. The highest BCUT2D eigenvalue weighted by Gasteiger charge is 2.24. The maximum atomic E-state index is 12.3. The topological polar surface area (TPSA) is 46.6 Å². The molecule has 1 aromatic carbocycles. The third kappa shape index (κ3) is 4.02. The van der Waals surface area contributed by atoms with Crippen molar-refractivity contribution < 1.29 is 13.2 Å². The lowest BCUT2D eigenvalue weighted by molar-refractivity contribution is 0.0243. The number of halogens is 1. The summed E-state index contributed by atoms with van der Waals surface area (Å²) in [5.41, 5.74) is 0. The van der Waals surface area contributed by atoms with Crippen molar-refractivity contribution in [3.05, 3.63) is 28.7 Å². The van der Waals surface area contributed by atoms with Crippen LogP contribution in [0.15, 0.2) is 33.6 Å². The first-order valence-electron chi connectivity index (χ1n) is 6.29. The Bertz CT molecular complexity index is 509. The lowest BCUT2D eigenvalue weighted by Gasteiger charge is -2.32. The first-order valence-corrected chi connectivity index (χ1v) is 8.74. The number of rotatable bonds is 4. The second kappa shape index (κ2) is 6.35. The highest BCUT2D eigenvalue weighted by atomic mass is 79.9. The quantitative estimate of drug-likeness (QED) is 0.834. The van der Waals surface area contributed by atoms with Crippen molar-refractivity contribution in [1.29, 1.82) is 0 Å². The molecule has 0 bridgehead atoms. The molecule has 0 saturated carbocycles. The summed E-state index contributed by atoms with van der Waals surface area (Å²) in [5, 5.41) is 0. The zero-order valence-corrected chi connectivity index (χ0v) is 13.3. The van der Waals surface area contributed by atoms with E-state index in [4.69, 9.17) is 4.74 Å². The number of benzene rings is 1. The van der Waals surface area contributed by atoms with Crippen LogP contribution in [-0.2, 0) is 14.6 Å². The first-order chi connectivity index (χ1) is 8.99. The van der Waals surface area contributed by atoms with Gasteiger partial charge < -0.3 is 4.74 Å². The summed E-state index contributed by atoms with van der Waals surface area (Å²) >= 11 is 3.31. The molecule has 19 heavy (non-hydrogen) atoms. The highest BCUT2D eigenvalue weighted by molar-refractivity contribution is 9.10. The van der Waals surface area contributed by atoms with Crippen LogP contribution in [0.25, 0.3) is 0 Å². The van der Waals surface area contributed by atoms with E-state index >= 15 is 0 Å². The van der Waals surface area contributed by atoms with Crippen LogP contribution < -0.4 is 0 Å². The van der Waals surface area contributed by atoms with Crippen LogP contribution in [-0.4, -0.2) is 51.4 Å². The fraction of sp³-hybridized carbons (Fsp3) is 0.538. The predicted molar refractivity (Wildman–Crippen MR) is 78.0 cm³/mol. The second-order valence-corrected chi connectivity index (χ2v) is 7.68. The molecular weight excluding hydrogens is 330 g/mol.